The molecule has 28 heavy (non-hydrogen) atoms. The van der Waals surface area contributed by atoms with Crippen LogP contribution in [0.2, 0.25) is 0 Å². The number of carbonyl (C=O) groups is 1. The molecule has 3 fully saturated rings. The summed E-state index contributed by atoms with van der Waals surface area (Å²) in [7, 11) is 0. The van der Waals surface area contributed by atoms with E-state index in [9.17, 15) is 9.18 Å². The molecule has 154 valence electrons. The summed E-state index contributed by atoms with van der Waals surface area (Å²) in [4.78, 5) is 13.0. The molecule has 1 saturated heterocycles. The molecule has 0 spiro atoms. The first kappa shape index (κ1) is 19.9. The van der Waals surface area contributed by atoms with Crippen LogP contribution in [0.25, 0.3) is 0 Å². The predicted octanol–water partition coefficient (Wildman–Crippen LogP) is 5.32. The van der Waals surface area contributed by atoms with Crippen LogP contribution < -0.4 is 0 Å². The summed E-state index contributed by atoms with van der Waals surface area (Å²) in [6.07, 6.45) is 5.11. The van der Waals surface area contributed by atoms with Crippen molar-refractivity contribution in [2.24, 2.45) is 23.2 Å². The van der Waals surface area contributed by atoms with E-state index in [1.165, 1.54) is 31.7 Å². The van der Waals surface area contributed by atoms with Gasteiger partial charge in [-0.15, -0.1) is 0 Å². The predicted molar refractivity (Wildman–Crippen MR) is 110 cm³/mol. The molecule has 4 heteroatoms. The number of hydrogen-bond acceptors (Lipinski definition) is 2. The Morgan fingerprint density at radius 3 is 2.64 bits per heavy atom. The number of halogens is 1. The lowest BCUT2D eigenvalue weighted by Crippen LogP contribution is -2.76. The number of hydrazine groups is 1. The fourth-order valence-electron chi connectivity index (χ4n) is 6.36. The molecular formula is C24H35FN2O. The lowest BCUT2D eigenvalue weighted by molar-refractivity contribution is -0.232. The van der Waals surface area contributed by atoms with Crippen LogP contribution in [0.4, 0.5) is 4.39 Å². The Labute approximate surface area is 169 Å². The van der Waals surface area contributed by atoms with E-state index < -0.39 is 5.54 Å². The minimum atomic E-state index is -0.527. The van der Waals surface area contributed by atoms with Crippen LogP contribution in [0.3, 0.4) is 0 Å². The maximum Gasteiger partial charge on any atom is 0.258 e. The van der Waals surface area contributed by atoms with Gasteiger partial charge in [0, 0.05) is 12.6 Å². The van der Waals surface area contributed by atoms with Gasteiger partial charge in [0.25, 0.3) is 5.91 Å². The highest BCUT2D eigenvalue weighted by Crippen LogP contribution is 2.64. The van der Waals surface area contributed by atoms with Crippen LogP contribution in [0, 0.1) is 35.9 Å². The van der Waals surface area contributed by atoms with Gasteiger partial charge in [0.1, 0.15) is 11.4 Å². The van der Waals surface area contributed by atoms with Crippen molar-refractivity contribution in [3.63, 3.8) is 0 Å². The minimum absolute atomic E-state index is 0.173. The van der Waals surface area contributed by atoms with Crippen molar-refractivity contribution in [3.05, 3.63) is 35.1 Å². The van der Waals surface area contributed by atoms with Crippen molar-refractivity contribution in [3.8, 4) is 0 Å². The Bertz CT molecular complexity index is 791. The summed E-state index contributed by atoms with van der Waals surface area (Å²) in [5.74, 6) is 2.26. The maximum atomic E-state index is 14.0. The Balaban J connectivity index is 1.53. The number of benzene rings is 1. The second-order valence-electron chi connectivity index (χ2n) is 10.3. The van der Waals surface area contributed by atoms with Gasteiger partial charge in [-0.25, -0.2) is 4.39 Å². The summed E-state index contributed by atoms with van der Waals surface area (Å²) >= 11 is 0. The number of nitrogens with zero attached hydrogens (tertiary/aromatic N) is 2. The van der Waals surface area contributed by atoms with Crippen molar-refractivity contribution in [1.29, 1.82) is 0 Å². The third-order valence-corrected chi connectivity index (χ3v) is 8.62. The second-order valence-corrected chi connectivity index (χ2v) is 10.3. The highest BCUT2D eigenvalue weighted by atomic mass is 19.1. The normalized spacial score (nSPS) is 35.3. The number of amides is 1. The molecule has 1 heterocycles. The Morgan fingerprint density at radius 2 is 1.96 bits per heavy atom. The summed E-state index contributed by atoms with van der Waals surface area (Å²) in [5, 5.41) is 4.16. The quantitative estimate of drug-likeness (QED) is 0.683. The summed E-state index contributed by atoms with van der Waals surface area (Å²) in [6, 6.07) is 5.45. The van der Waals surface area contributed by atoms with Crippen molar-refractivity contribution in [1.82, 2.24) is 10.0 Å². The fraction of sp³-hybridized carbons (Fsp3) is 0.708. The Hall–Kier alpha value is -1.42. The first-order valence-corrected chi connectivity index (χ1v) is 11.0. The topological polar surface area (TPSA) is 23.6 Å². The van der Waals surface area contributed by atoms with Gasteiger partial charge in [0.2, 0.25) is 0 Å². The van der Waals surface area contributed by atoms with E-state index in [4.69, 9.17) is 0 Å². The first-order chi connectivity index (χ1) is 13.1. The van der Waals surface area contributed by atoms with Gasteiger partial charge >= 0.3 is 0 Å². The first-order valence-electron chi connectivity index (χ1n) is 11.0. The van der Waals surface area contributed by atoms with E-state index in [0.717, 1.165) is 17.4 Å². The molecule has 1 aliphatic heterocycles. The van der Waals surface area contributed by atoms with Crippen LogP contribution in [0.15, 0.2) is 18.2 Å². The van der Waals surface area contributed by atoms with Crippen LogP contribution >= 0.6 is 0 Å². The number of carbonyl (C=O) groups excluding carboxylic acids is 1. The highest BCUT2D eigenvalue weighted by molar-refractivity contribution is 5.90. The third-order valence-electron chi connectivity index (χ3n) is 8.62. The van der Waals surface area contributed by atoms with E-state index in [0.29, 0.717) is 23.4 Å². The lowest BCUT2D eigenvalue weighted by Gasteiger charge is -2.59. The standard InChI is InChI=1S/C24H35FN2O/c1-7-19-12-20-11-18(13-24(19,20)6)16(3)27-22(28)23(4,5)26(27)14-17-9-8-10-21(25)15(17)2/h8-10,16,18-20H,7,11-14H2,1-6H3. The molecule has 5 unspecified atom stereocenters. The van der Waals surface area contributed by atoms with Crippen molar-refractivity contribution in [2.45, 2.75) is 85.4 Å². The molecule has 4 rings (SSSR count). The zero-order valence-electron chi connectivity index (χ0n) is 18.3. The monoisotopic (exact) mass is 386 g/mol. The van der Waals surface area contributed by atoms with Gasteiger partial charge in [0.15, 0.2) is 0 Å². The molecule has 0 radical (unpaired) electrons. The van der Waals surface area contributed by atoms with Crippen LogP contribution in [-0.4, -0.2) is 27.5 Å². The van der Waals surface area contributed by atoms with E-state index in [1.54, 1.807) is 6.07 Å². The van der Waals surface area contributed by atoms with E-state index >= 15 is 0 Å². The summed E-state index contributed by atoms with van der Waals surface area (Å²) in [6.45, 7) is 13.4. The van der Waals surface area contributed by atoms with E-state index in [1.807, 2.05) is 31.8 Å². The molecule has 3 aliphatic rings. The lowest BCUT2D eigenvalue weighted by atomic mass is 9.54. The molecule has 1 amide bonds. The molecular weight excluding hydrogens is 351 g/mol. The van der Waals surface area contributed by atoms with Crippen molar-refractivity contribution >= 4 is 5.91 Å². The summed E-state index contributed by atoms with van der Waals surface area (Å²) < 4.78 is 14.0. The summed E-state index contributed by atoms with van der Waals surface area (Å²) in [5.41, 5.74) is 1.59. The molecule has 1 aromatic carbocycles. The van der Waals surface area contributed by atoms with Crippen LogP contribution in [0.5, 0.6) is 0 Å². The van der Waals surface area contributed by atoms with Gasteiger partial charge in [-0.05, 0) is 87.3 Å². The maximum absolute atomic E-state index is 14.0. The molecule has 1 aromatic rings. The van der Waals surface area contributed by atoms with E-state index in [-0.39, 0.29) is 17.8 Å². The van der Waals surface area contributed by atoms with Crippen LogP contribution in [-0.2, 0) is 11.3 Å². The molecule has 0 N–H and O–H groups in total. The van der Waals surface area contributed by atoms with E-state index in [2.05, 4.69) is 25.8 Å². The Morgan fingerprint density at radius 1 is 1.25 bits per heavy atom. The number of rotatable bonds is 5. The largest absolute Gasteiger partial charge is 0.271 e. The average Bonchev–Trinajstić information content (AvgIpc) is 2.91. The average molecular weight is 387 g/mol. The fourth-order valence-corrected chi connectivity index (χ4v) is 6.36. The van der Waals surface area contributed by atoms with Crippen molar-refractivity contribution < 1.29 is 9.18 Å². The molecule has 0 bridgehead atoms. The molecule has 2 aliphatic carbocycles. The minimum Gasteiger partial charge on any atom is -0.271 e. The SMILES string of the molecule is CCC1CC2CC(C(C)N3C(=O)C(C)(C)N3Cc3cccc(F)c3C)CC12C. The zero-order chi connectivity index (χ0) is 20.4. The molecule has 3 nitrogen and oxygen atoms in total. The number of fused-ring (bicyclic) bond motifs is 1. The molecule has 2 saturated carbocycles. The second kappa shape index (κ2) is 6.55. The zero-order valence-corrected chi connectivity index (χ0v) is 18.3. The highest BCUT2D eigenvalue weighted by Gasteiger charge is 2.60. The molecule has 0 aromatic heterocycles. The number of hydrogen-bond donors (Lipinski definition) is 0. The van der Waals surface area contributed by atoms with Crippen molar-refractivity contribution in [2.75, 3.05) is 0 Å². The van der Waals surface area contributed by atoms with Gasteiger partial charge in [-0.1, -0.05) is 32.4 Å². The smallest absolute Gasteiger partial charge is 0.258 e. The van der Waals surface area contributed by atoms with Gasteiger partial charge in [-0.2, -0.15) is 5.01 Å². The molecule has 5 atom stereocenters. The van der Waals surface area contributed by atoms with Gasteiger partial charge in [0.05, 0.1) is 0 Å². The Kier molecular flexibility index (Phi) is 4.65. The van der Waals surface area contributed by atoms with Crippen LogP contribution in [0.1, 0.15) is 71.4 Å². The van der Waals surface area contributed by atoms with Gasteiger partial charge in [-0.3, -0.25) is 9.80 Å². The third kappa shape index (κ3) is 2.67. The van der Waals surface area contributed by atoms with Gasteiger partial charge < -0.3 is 0 Å².